The highest BCUT2D eigenvalue weighted by Gasteiger charge is 2.23. The normalized spacial score (nSPS) is 13.6. The molecular formula is C24H27N5O4. The lowest BCUT2D eigenvalue weighted by Gasteiger charge is -2.36. The number of amides is 1. The Balaban J connectivity index is 1.41. The van der Waals surface area contributed by atoms with Crippen molar-refractivity contribution in [1.82, 2.24) is 14.7 Å². The molecule has 0 bridgehead atoms. The van der Waals surface area contributed by atoms with Gasteiger partial charge in [0.05, 0.1) is 25.6 Å². The summed E-state index contributed by atoms with van der Waals surface area (Å²) in [6.45, 7) is 4.75. The first-order valence-electron chi connectivity index (χ1n) is 10.8. The van der Waals surface area contributed by atoms with Crippen molar-refractivity contribution in [1.29, 1.82) is 0 Å². The van der Waals surface area contributed by atoms with E-state index >= 15 is 0 Å². The van der Waals surface area contributed by atoms with Crippen molar-refractivity contribution < 1.29 is 19.1 Å². The van der Waals surface area contributed by atoms with Crippen LogP contribution in [0.5, 0.6) is 5.75 Å². The third-order valence-corrected chi connectivity index (χ3v) is 5.65. The number of ether oxygens (including phenoxy) is 2. The fourth-order valence-electron chi connectivity index (χ4n) is 3.83. The molecule has 0 spiro atoms. The van der Waals surface area contributed by atoms with Gasteiger partial charge < -0.3 is 25.0 Å². The van der Waals surface area contributed by atoms with E-state index in [1.165, 1.54) is 10.9 Å². The predicted molar refractivity (Wildman–Crippen MR) is 125 cm³/mol. The molecule has 4 rings (SSSR count). The van der Waals surface area contributed by atoms with Gasteiger partial charge in [-0.15, -0.1) is 0 Å². The number of anilines is 2. The summed E-state index contributed by atoms with van der Waals surface area (Å²) in [4.78, 5) is 29.1. The number of benzene rings is 2. The molecule has 0 unspecified atom stereocenters. The Morgan fingerprint density at radius 3 is 2.42 bits per heavy atom. The minimum Gasteiger partial charge on any atom is -0.497 e. The first kappa shape index (κ1) is 22.2. The SMILES string of the molecule is CCOC(=O)c1cnn(-c2ccc(C(=O)N3CCN(c4cccc(OC)c4)CC3)cc2)c1N. The highest BCUT2D eigenvalue weighted by atomic mass is 16.5. The lowest BCUT2D eigenvalue weighted by Crippen LogP contribution is -2.48. The molecule has 9 nitrogen and oxygen atoms in total. The van der Waals surface area contributed by atoms with Crippen molar-refractivity contribution in [2.45, 2.75) is 6.92 Å². The van der Waals surface area contributed by atoms with E-state index in [4.69, 9.17) is 15.2 Å². The van der Waals surface area contributed by atoms with Crippen molar-refractivity contribution in [3.63, 3.8) is 0 Å². The van der Waals surface area contributed by atoms with Crippen LogP contribution in [0, 0.1) is 0 Å². The van der Waals surface area contributed by atoms with Gasteiger partial charge in [0.15, 0.2) is 0 Å². The molecule has 33 heavy (non-hydrogen) atoms. The maximum Gasteiger partial charge on any atom is 0.343 e. The molecule has 1 aromatic heterocycles. The fraction of sp³-hybridized carbons (Fsp3) is 0.292. The number of aromatic nitrogens is 2. The fourth-order valence-corrected chi connectivity index (χ4v) is 3.83. The molecule has 1 fully saturated rings. The molecule has 9 heteroatoms. The predicted octanol–water partition coefficient (Wildman–Crippen LogP) is 2.60. The smallest absolute Gasteiger partial charge is 0.343 e. The number of methoxy groups -OCH3 is 1. The molecule has 1 saturated heterocycles. The third-order valence-electron chi connectivity index (χ3n) is 5.65. The number of nitrogen functional groups attached to an aromatic ring is 1. The largest absolute Gasteiger partial charge is 0.497 e. The molecule has 0 atom stereocenters. The maximum absolute atomic E-state index is 13.0. The van der Waals surface area contributed by atoms with Gasteiger partial charge in [-0.3, -0.25) is 4.79 Å². The highest BCUT2D eigenvalue weighted by Crippen LogP contribution is 2.23. The summed E-state index contributed by atoms with van der Waals surface area (Å²) in [6.07, 6.45) is 1.38. The molecule has 2 N–H and O–H groups in total. The van der Waals surface area contributed by atoms with E-state index < -0.39 is 5.97 Å². The first-order chi connectivity index (χ1) is 16.0. The van der Waals surface area contributed by atoms with Gasteiger partial charge in [-0.25, -0.2) is 9.48 Å². The number of esters is 1. The summed E-state index contributed by atoms with van der Waals surface area (Å²) in [6, 6.07) is 15.0. The van der Waals surface area contributed by atoms with E-state index in [9.17, 15) is 9.59 Å². The van der Waals surface area contributed by atoms with Gasteiger partial charge in [-0.2, -0.15) is 5.10 Å². The second-order valence-electron chi connectivity index (χ2n) is 7.60. The number of rotatable bonds is 6. The average molecular weight is 450 g/mol. The molecule has 2 aromatic carbocycles. The Kier molecular flexibility index (Phi) is 6.48. The number of carbonyl (C=O) groups excluding carboxylic acids is 2. The summed E-state index contributed by atoms with van der Waals surface area (Å²) in [5.74, 6) is 0.480. The van der Waals surface area contributed by atoms with Crippen LogP contribution in [0.15, 0.2) is 54.7 Å². The number of nitrogens with two attached hydrogens (primary N) is 1. The van der Waals surface area contributed by atoms with Crippen molar-refractivity contribution in [2.75, 3.05) is 50.5 Å². The van der Waals surface area contributed by atoms with Crippen molar-refractivity contribution >= 4 is 23.4 Å². The van der Waals surface area contributed by atoms with E-state index in [2.05, 4.69) is 10.00 Å². The van der Waals surface area contributed by atoms with Gasteiger partial charge in [0.2, 0.25) is 0 Å². The van der Waals surface area contributed by atoms with E-state index in [1.807, 2.05) is 29.2 Å². The lowest BCUT2D eigenvalue weighted by atomic mass is 10.1. The molecule has 3 aromatic rings. The van der Waals surface area contributed by atoms with Crippen molar-refractivity contribution in [3.05, 3.63) is 65.9 Å². The van der Waals surface area contributed by atoms with E-state index in [0.29, 0.717) is 24.3 Å². The van der Waals surface area contributed by atoms with Crippen LogP contribution in [0.1, 0.15) is 27.6 Å². The van der Waals surface area contributed by atoms with E-state index in [-0.39, 0.29) is 23.9 Å². The van der Waals surface area contributed by atoms with Crippen LogP contribution in [0.2, 0.25) is 0 Å². The average Bonchev–Trinajstić information content (AvgIpc) is 3.25. The lowest BCUT2D eigenvalue weighted by molar-refractivity contribution is 0.0527. The van der Waals surface area contributed by atoms with Gasteiger partial charge >= 0.3 is 5.97 Å². The summed E-state index contributed by atoms with van der Waals surface area (Å²) in [5.41, 5.74) is 8.62. The monoisotopic (exact) mass is 449 g/mol. The van der Waals surface area contributed by atoms with Gasteiger partial charge in [0.1, 0.15) is 17.1 Å². The minimum atomic E-state index is -0.513. The van der Waals surface area contributed by atoms with Gasteiger partial charge in [-0.05, 0) is 43.3 Å². The van der Waals surface area contributed by atoms with Crippen LogP contribution < -0.4 is 15.4 Å². The minimum absolute atomic E-state index is 0.0208. The molecule has 0 aliphatic carbocycles. The molecule has 1 amide bonds. The van der Waals surface area contributed by atoms with Crippen LogP contribution in [-0.2, 0) is 4.74 Å². The number of carbonyl (C=O) groups is 2. The van der Waals surface area contributed by atoms with Crippen LogP contribution in [0.3, 0.4) is 0 Å². The second kappa shape index (κ2) is 9.64. The first-order valence-corrected chi connectivity index (χ1v) is 10.8. The molecule has 0 radical (unpaired) electrons. The van der Waals surface area contributed by atoms with Gasteiger partial charge in [-0.1, -0.05) is 6.07 Å². The van der Waals surface area contributed by atoms with E-state index in [1.54, 1.807) is 38.3 Å². The second-order valence-corrected chi connectivity index (χ2v) is 7.60. The third kappa shape index (κ3) is 4.62. The Labute approximate surface area is 192 Å². The Morgan fingerprint density at radius 2 is 1.76 bits per heavy atom. The maximum atomic E-state index is 13.0. The van der Waals surface area contributed by atoms with E-state index in [0.717, 1.165) is 24.5 Å². The summed E-state index contributed by atoms with van der Waals surface area (Å²) in [7, 11) is 1.65. The summed E-state index contributed by atoms with van der Waals surface area (Å²) >= 11 is 0. The molecular weight excluding hydrogens is 422 g/mol. The highest BCUT2D eigenvalue weighted by molar-refractivity contribution is 5.95. The molecule has 0 saturated carbocycles. The number of hydrogen-bond donors (Lipinski definition) is 1. The van der Waals surface area contributed by atoms with Crippen LogP contribution >= 0.6 is 0 Å². The number of nitrogens with zero attached hydrogens (tertiary/aromatic N) is 4. The zero-order valence-electron chi connectivity index (χ0n) is 18.7. The topological polar surface area (TPSA) is 103 Å². The standard InChI is InChI=1S/C24H27N5O4/c1-3-33-24(31)21-16-26-29(22(21)25)18-9-7-17(8-10-18)23(30)28-13-11-27(12-14-28)19-5-4-6-20(15-19)32-2/h4-10,15-16H,3,11-14,25H2,1-2H3. The van der Waals surface area contributed by atoms with Crippen LogP contribution in [-0.4, -0.2) is 66.5 Å². The Morgan fingerprint density at radius 1 is 1.03 bits per heavy atom. The van der Waals surface area contributed by atoms with Crippen molar-refractivity contribution in [2.24, 2.45) is 0 Å². The van der Waals surface area contributed by atoms with Crippen molar-refractivity contribution in [3.8, 4) is 11.4 Å². The van der Waals surface area contributed by atoms with Gasteiger partial charge in [0.25, 0.3) is 5.91 Å². The Hall–Kier alpha value is -4.01. The quantitative estimate of drug-likeness (QED) is 0.577. The number of piperazine rings is 1. The zero-order valence-corrected chi connectivity index (χ0v) is 18.7. The van der Waals surface area contributed by atoms with Crippen LogP contribution in [0.25, 0.3) is 5.69 Å². The summed E-state index contributed by atoms with van der Waals surface area (Å²) in [5, 5.41) is 4.18. The molecule has 172 valence electrons. The Bertz CT molecular complexity index is 1130. The zero-order chi connectivity index (χ0) is 23.4. The van der Waals surface area contributed by atoms with Gasteiger partial charge in [0, 0.05) is 43.5 Å². The number of hydrogen-bond acceptors (Lipinski definition) is 7. The molecule has 2 heterocycles. The van der Waals surface area contributed by atoms with Crippen LogP contribution in [0.4, 0.5) is 11.5 Å². The molecule has 1 aliphatic rings. The summed E-state index contributed by atoms with van der Waals surface area (Å²) < 4.78 is 11.8. The molecule has 1 aliphatic heterocycles.